The first-order chi connectivity index (χ1) is 8.95. The van der Waals surface area contributed by atoms with Crippen molar-refractivity contribution in [2.24, 2.45) is 0 Å². The molecule has 1 unspecified atom stereocenters. The second-order valence-electron chi connectivity index (χ2n) is 3.64. The Balaban J connectivity index is 1.54. The van der Waals surface area contributed by atoms with E-state index in [1.54, 1.807) is 0 Å². The van der Waals surface area contributed by atoms with E-state index in [1.807, 2.05) is 60.7 Å². The predicted octanol–water partition coefficient (Wildman–Crippen LogP) is 3.70. The Morgan fingerprint density at radius 3 is 2.28 bits per heavy atom. The van der Waals surface area contributed by atoms with Crippen LogP contribution in [0.4, 0.5) is 5.69 Å². The summed E-state index contributed by atoms with van der Waals surface area (Å²) in [6, 6.07) is 19.7. The first-order valence-corrected chi connectivity index (χ1v) is 6.64. The number of benzene rings is 2. The molecule has 2 aromatic rings. The molecule has 2 rings (SSSR count). The molecular formula is C14H16NO2P. The summed E-state index contributed by atoms with van der Waals surface area (Å²) < 4.78 is 10.8. The maximum Gasteiger partial charge on any atom is 0.215 e. The summed E-state index contributed by atoms with van der Waals surface area (Å²) in [7, 11) is 0.0372. The van der Waals surface area contributed by atoms with E-state index >= 15 is 0 Å². The Labute approximate surface area is 109 Å². The van der Waals surface area contributed by atoms with Crippen molar-refractivity contribution in [2.45, 2.75) is 0 Å². The molecule has 0 heterocycles. The third kappa shape index (κ3) is 4.74. The lowest BCUT2D eigenvalue weighted by Crippen LogP contribution is -2.06. The molecule has 4 heteroatoms. The molecule has 0 bridgehead atoms. The average Bonchev–Trinajstić information content (AvgIpc) is 2.45. The van der Waals surface area contributed by atoms with Gasteiger partial charge in [0.15, 0.2) is 0 Å². The van der Waals surface area contributed by atoms with Crippen LogP contribution in [0.2, 0.25) is 0 Å². The molecule has 0 fully saturated rings. The fraction of sp³-hybridized carbons (Fsp3) is 0.143. The van der Waals surface area contributed by atoms with Crippen LogP contribution in [0.3, 0.4) is 0 Å². The van der Waals surface area contributed by atoms with E-state index in [9.17, 15) is 0 Å². The van der Waals surface area contributed by atoms with Crippen LogP contribution in [0.1, 0.15) is 0 Å². The van der Waals surface area contributed by atoms with Gasteiger partial charge >= 0.3 is 0 Å². The lowest BCUT2D eigenvalue weighted by Gasteiger charge is -2.07. The molecule has 0 spiro atoms. The lowest BCUT2D eigenvalue weighted by molar-refractivity contribution is 0.344. The minimum atomic E-state index is 0.0372. The van der Waals surface area contributed by atoms with Crippen molar-refractivity contribution in [3.63, 3.8) is 0 Å². The second-order valence-corrected chi connectivity index (χ2v) is 4.30. The molecule has 0 saturated carbocycles. The first kappa shape index (κ1) is 12.9. The number of hydrogen-bond donors (Lipinski definition) is 1. The van der Waals surface area contributed by atoms with Crippen LogP contribution < -0.4 is 9.84 Å². The third-order valence-corrected chi connectivity index (χ3v) is 2.91. The molecule has 0 saturated heterocycles. The van der Waals surface area contributed by atoms with Crippen LogP contribution in [0.5, 0.6) is 5.75 Å². The van der Waals surface area contributed by atoms with E-state index in [-0.39, 0.29) is 9.03 Å². The van der Waals surface area contributed by atoms with Crippen molar-refractivity contribution in [2.75, 3.05) is 18.5 Å². The minimum absolute atomic E-state index is 0.0372. The van der Waals surface area contributed by atoms with Gasteiger partial charge in [-0.05, 0) is 24.3 Å². The standard InChI is InChI=1S/C14H16NO2P/c1-3-7-13(8-4-1)15-11-12-16-18-17-14-9-5-2-6-10-14/h1-10,15,18H,11-12H2. The van der Waals surface area contributed by atoms with Crippen molar-refractivity contribution >= 4 is 14.7 Å². The summed E-state index contributed by atoms with van der Waals surface area (Å²) in [6.45, 7) is 1.40. The predicted molar refractivity (Wildman–Crippen MR) is 76.3 cm³/mol. The molecular weight excluding hydrogens is 245 g/mol. The zero-order valence-corrected chi connectivity index (χ0v) is 11.0. The molecule has 2 aromatic carbocycles. The monoisotopic (exact) mass is 261 g/mol. The molecule has 1 N–H and O–H groups in total. The van der Waals surface area contributed by atoms with Gasteiger partial charge in [0, 0.05) is 12.2 Å². The van der Waals surface area contributed by atoms with Crippen molar-refractivity contribution in [3.8, 4) is 5.75 Å². The van der Waals surface area contributed by atoms with Gasteiger partial charge < -0.3 is 14.4 Å². The molecule has 18 heavy (non-hydrogen) atoms. The maximum atomic E-state index is 5.44. The quantitative estimate of drug-likeness (QED) is 0.609. The van der Waals surface area contributed by atoms with Gasteiger partial charge in [-0.1, -0.05) is 36.4 Å². The molecule has 0 amide bonds. The summed E-state index contributed by atoms with van der Waals surface area (Å²) in [4.78, 5) is 0. The maximum absolute atomic E-state index is 5.44. The van der Waals surface area contributed by atoms with Crippen LogP contribution in [-0.2, 0) is 4.52 Å². The lowest BCUT2D eigenvalue weighted by atomic mass is 10.3. The zero-order valence-electron chi connectivity index (χ0n) is 10.0. The summed E-state index contributed by atoms with van der Waals surface area (Å²) >= 11 is 0. The Bertz CT molecular complexity index is 393. The first-order valence-electron chi connectivity index (χ1n) is 5.83. The summed E-state index contributed by atoms with van der Waals surface area (Å²) in [5, 5.41) is 3.27. The van der Waals surface area contributed by atoms with Crippen molar-refractivity contribution in [3.05, 3.63) is 60.7 Å². The van der Waals surface area contributed by atoms with Crippen LogP contribution in [-0.4, -0.2) is 13.2 Å². The summed E-state index contributed by atoms with van der Waals surface area (Å²) in [5.74, 6) is 0.840. The fourth-order valence-corrected chi connectivity index (χ4v) is 1.89. The Hall–Kier alpha value is -1.57. The zero-order chi connectivity index (χ0) is 12.5. The third-order valence-electron chi connectivity index (χ3n) is 2.27. The van der Waals surface area contributed by atoms with Gasteiger partial charge in [-0.2, -0.15) is 0 Å². The minimum Gasteiger partial charge on any atom is -0.450 e. The van der Waals surface area contributed by atoms with Gasteiger partial charge in [-0.3, -0.25) is 0 Å². The molecule has 0 aromatic heterocycles. The number of anilines is 1. The van der Waals surface area contributed by atoms with Crippen LogP contribution >= 0.6 is 9.03 Å². The van der Waals surface area contributed by atoms with Gasteiger partial charge in [0.25, 0.3) is 0 Å². The van der Waals surface area contributed by atoms with Gasteiger partial charge in [0.1, 0.15) is 5.75 Å². The smallest absolute Gasteiger partial charge is 0.215 e. The Morgan fingerprint density at radius 1 is 0.889 bits per heavy atom. The van der Waals surface area contributed by atoms with Crippen LogP contribution in [0, 0.1) is 0 Å². The van der Waals surface area contributed by atoms with E-state index < -0.39 is 0 Å². The second kappa shape index (κ2) is 7.70. The van der Waals surface area contributed by atoms with Crippen molar-refractivity contribution in [1.29, 1.82) is 0 Å². The van der Waals surface area contributed by atoms with Crippen molar-refractivity contribution in [1.82, 2.24) is 0 Å². The van der Waals surface area contributed by atoms with E-state index in [0.29, 0.717) is 6.61 Å². The van der Waals surface area contributed by atoms with E-state index in [1.165, 1.54) is 0 Å². The van der Waals surface area contributed by atoms with E-state index in [2.05, 4.69) is 5.32 Å². The van der Waals surface area contributed by atoms with Gasteiger partial charge in [0.05, 0.1) is 6.61 Å². The summed E-state index contributed by atoms with van der Waals surface area (Å²) in [6.07, 6.45) is 0. The molecule has 0 aliphatic carbocycles. The van der Waals surface area contributed by atoms with Gasteiger partial charge in [-0.15, -0.1) is 0 Å². The van der Waals surface area contributed by atoms with Crippen LogP contribution in [0.25, 0.3) is 0 Å². The van der Waals surface area contributed by atoms with Gasteiger partial charge in [0.2, 0.25) is 9.03 Å². The molecule has 1 atom stereocenters. The average molecular weight is 261 g/mol. The highest BCUT2D eigenvalue weighted by Gasteiger charge is 1.93. The molecule has 0 radical (unpaired) electrons. The Kier molecular flexibility index (Phi) is 5.51. The highest BCUT2D eigenvalue weighted by molar-refractivity contribution is 7.26. The van der Waals surface area contributed by atoms with Crippen LogP contribution in [0.15, 0.2) is 60.7 Å². The molecule has 0 aliphatic heterocycles. The normalized spacial score (nSPS) is 10.7. The molecule has 3 nitrogen and oxygen atoms in total. The van der Waals surface area contributed by atoms with E-state index in [0.717, 1.165) is 18.0 Å². The topological polar surface area (TPSA) is 30.5 Å². The number of rotatable bonds is 7. The number of hydrogen-bond acceptors (Lipinski definition) is 3. The molecule has 94 valence electrons. The number of nitrogens with one attached hydrogen (secondary N) is 1. The highest BCUT2D eigenvalue weighted by Crippen LogP contribution is 2.20. The van der Waals surface area contributed by atoms with E-state index in [4.69, 9.17) is 9.05 Å². The highest BCUT2D eigenvalue weighted by atomic mass is 31.1. The summed E-state index contributed by atoms with van der Waals surface area (Å²) in [5.41, 5.74) is 1.11. The fourth-order valence-electron chi connectivity index (χ4n) is 1.41. The number of para-hydroxylation sites is 2. The SMILES string of the molecule is c1ccc(NCCOPOc2ccccc2)cc1. The molecule has 0 aliphatic rings. The van der Waals surface area contributed by atoms with Crippen molar-refractivity contribution < 1.29 is 9.05 Å². The Morgan fingerprint density at radius 2 is 1.56 bits per heavy atom. The largest absolute Gasteiger partial charge is 0.450 e. The van der Waals surface area contributed by atoms with Gasteiger partial charge in [-0.25, -0.2) is 0 Å².